The summed E-state index contributed by atoms with van der Waals surface area (Å²) in [7, 11) is 3.46. The van der Waals surface area contributed by atoms with Crippen LogP contribution in [0.25, 0.3) is 26.6 Å². The molecule has 0 spiro atoms. The molecule has 1 atom stereocenters. The van der Waals surface area contributed by atoms with Crippen LogP contribution in [0.15, 0.2) is 30.3 Å². The van der Waals surface area contributed by atoms with Gasteiger partial charge in [-0.2, -0.15) is 4.98 Å². The van der Waals surface area contributed by atoms with Gasteiger partial charge in [0, 0.05) is 25.7 Å². The Bertz CT molecular complexity index is 1700. The standard InChI is InChI=1S/C25H25FN4O4S.C9H19FN2/c1-25(2,3)34-24(32)29-9-5-6-18(29)14-7-8-16(17(26)10-14)22-27-23-30(28-22)19-12-20(33-4)15(13-31)11-21(19)35-23;1-11-5-2-6-12-7-3-9(10)4-8-12/h7-8,10-13,18H,5-6,9H2,1-4H3;9,11H,2-8H2,1H3. The molecule has 0 radical (unpaired) electrons. The normalized spacial score (nSPS) is 17.6. The monoisotopic (exact) mass is 670 g/mol. The van der Waals surface area contributed by atoms with Gasteiger partial charge in [0.15, 0.2) is 12.1 Å². The van der Waals surface area contributed by atoms with Crippen LogP contribution in [0.3, 0.4) is 0 Å². The Hall–Kier alpha value is -3.68. The molecule has 1 unspecified atom stereocenters. The van der Waals surface area contributed by atoms with E-state index in [1.807, 2.05) is 33.9 Å². The number of carbonyl (C=O) groups is 2. The third-order valence-electron chi connectivity index (χ3n) is 8.36. The van der Waals surface area contributed by atoms with E-state index in [1.165, 1.54) is 30.9 Å². The predicted octanol–water partition coefficient (Wildman–Crippen LogP) is 6.67. The molecule has 2 fully saturated rings. The van der Waals surface area contributed by atoms with Crippen molar-refractivity contribution < 1.29 is 27.8 Å². The van der Waals surface area contributed by atoms with Crippen molar-refractivity contribution in [3.63, 3.8) is 0 Å². The average Bonchev–Trinajstić information content (AvgIpc) is 3.76. The summed E-state index contributed by atoms with van der Waals surface area (Å²) in [5, 5.41) is 7.64. The first kappa shape index (κ1) is 34.6. The number of aromatic nitrogens is 3. The van der Waals surface area contributed by atoms with E-state index < -0.39 is 17.6 Å². The third-order valence-corrected chi connectivity index (χ3v) is 9.36. The summed E-state index contributed by atoms with van der Waals surface area (Å²) in [4.78, 5) is 33.1. The van der Waals surface area contributed by atoms with Gasteiger partial charge in [-0.15, -0.1) is 5.10 Å². The van der Waals surface area contributed by atoms with Crippen molar-refractivity contribution in [2.45, 2.75) is 70.7 Å². The maximum absolute atomic E-state index is 15.3. The molecule has 1 amide bonds. The smallest absolute Gasteiger partial charge is 0.410 e. The van der Waals surface area contributed by atoms with Crippen LogP contribution in [0.2, 0.25) is 0 Å². The minimum absolute atomic E-state index is 0.240. The van der Waals surface area contributed by atoms with E-state index in [0.717, 1.165) is 68.4 Å². The second-order valence-corrected chi connectivity index (χ2v) is 14.0. The number of nitrogens with zero attached hydrogens (tertiary/aromatic N) is 5. The van der Waals surface area contributed by atoms with Gasteiger partial charge in [0.05, 0.1) is 34.5 Å². The van der Waals surface area contributed by atoms with Crippen molar-refractivity contribution >= 4 is 38.9 Å². The molecule has 2 saturated heterocycles. The first-order valence-electron chi connectivity index (χ1n) is 16.1. The molecule has 10 nitrogen and oxygen atoms in total. The Labute approximate surface area is 278 Å². The SMILES string of the molecule is CNCCCN1CCC(F)CC1.COc1cc2c(cc1C=O)sc1nc(-c3ccc(C4CCCN4C(=O)OC(C)(C)C)cc3F)nn12. The number of ether oxygens (including phenoxy) is 2. The third kappa shape index (κ3) is 8.25. The van der Waals surface area contributed by atoms with E-state index in [9.17, 15) is 14.0 Å². The number of aldehydes is 1. The largest absolute Gasteiger partial charge is 0.496 e. The number of hydrogen-bond acceptors (Lipinski definition) is 9. The lowest BCUT2D eigenvalue weighted by Crippen LogP contribution is -2.36. The molecular weight excluding hydrogens is 626 g/mol. The van der Waals surface area contributed by atoms with Crippen LogP contribution in [0, 0.1) is 5.82 Å². The summed E-state index contributed by atoms with van der Waals surface area (Å²) in [5.41, 5.74) is 1.56. The van der Waals surface area contributed by atoms with Gasteiger partial charge in [-0.25, -0.2) is 18.1 Å². The molecule has 1 N–H and O–H groups in total. The van der Waals surface area contributed by atoms with Crippen LogP contribution < -0.4 is 10.1 Å². The molecule has 2 aromatic carbocycles. The van der Waals surface area contributed by atoms with E-state index in [4.69, 9.17) is 9.47 Å². The summed E-state index contributed by atoms with van der Waals surface area (Å²) < 4.78 is 41.3. The fraction of sp³-hybridized carbons (Fsp3) is 0.529. The molecule has 2 aliphatic rings. The first-order chi connectivity index (χ1) is 22.5. The summed E-state index contributed by atoms with van der Waals surface area (Å²) in [6.45, 7) is 10.1. The predicted molar refractivity (Wildman–Crippen MR) is 180 cm³/mol. The highest BCUT2D eigenvalue weighted by Crippen LogP contribution is 2.36. The fourth-order valence-electron chi connectivity index (χ4n) is 5.99. The van der Waals surface area contributed by atoms with Crippen LogP contribution in [-0.2, 0) is 4.74 Å². The number of likely N-dealkylation sites (tertiary alicyclic amines) is 2. The minimum atomic E-state index is -0.595. The number of nitrogens with one attached hydrogen (secondary N) is 1. The molecule has 2 aromatic heterocycles. The van der Waals surface area contributed by atoms with Gasteiger partial charge >= 0.3 is 6.09 Å². The Morgan fingerprint density at radius 3 is 2.57 bits per heavy atom. The number of halogens is 2. The van der Waals surface area contributed by atoms with Crippen molar-refractivity contribution in [1.29, 1.82) is 0 Å². The number of alkyl halides is 1. The van der Waals surface area contributed by atoms with Crippen LogP contribution in [0.1, 0.15) is 74.8 Å². The molecular formula is C34H44F2N6O4S. The lowest BCUT2D eigenvalue weighted by Gasteiger charge is -2.29. The van der Waals surface area contributed by atoms with Crippen LogP contribution in [-0.4, -0.2) is 95.4 Å². The van der Waals surface area contributed by atoms with E-state index in [-0.39, 0.29) is 23.5 Å². The zero-order chi connectivity index (χ0) is 33.7. The van der Waals surface area contributed by atoms with E-state index >= 15 is 4.39 Å². The van der Waals surface area contributed by atoms with E-state index in [2.05, 4.69) is 20.3 Å². The summed E-state index contributed by atoms with van der Waals surface area (Å²) in [6, 6.07) is 8.15. The van der Waals surface area contributed by atoms with Gasteiger partial charge in [0.1, 0.15) is 23.3 Å². The van der Waals surface area contributed by atoms with Gasteiger partial charge in [0.2, 0.25) is 4.96 Å². The lowest BCUT2D eigenvalue weighted by atomic mass is 10.0. The number of carbonyl (C=O) groups excluding carboxylic acids is 2. The maximum atomic E-state index is 15.3. The zero-order valence-corrected chi connectivity index (χ0v) is 28.5. The van der Waals surface area contributed by atoms with Gasteiger partial charge < -0.3 is 24.6 Å². The Balaban J connectivity index is 0.000000305. The molecule has 2 aliphatic heterocycles. The van der Waals surface area contributed by atoms with Crippen molar-refractivity contribution in [2.24, 2.45) is 0 Å². The lowest BCUT2D eigenvalue weighted by molar-refractivity contribution is 0.0224. The molecule has 0 saturated carbocycles. The summed E-state index contributed by atoms with van der Waals surface area (Å²) in [5.74, 6) is 0.240. The van der Waals surface area contributed by atoms with Crippen LogP contribution >= 0.6 is 11.3 Å². The maximum Gasteiger partial charge on any atom is 0.410 e. The number of hydrogen-bond donors (Lipinski definition) is 1. The summed E-state index contributed by atoms with van der Waals surface area (Å²) in [6.07, 6.45) is 4.03. The topological polar surface area (TPSA) is 101 Å². The second kappa shape index (κ2) is 15.0. The first-order valence-corrected chi connectivity index (χ1v) is 17.0. The number of amides is 1. The Morgan fingerprint density at radius 1 is 1.15 bits per heavy atom. The van der Waals surface area contributed by atoms with Crippen LogP contribution in [0.4, 0.5) is 13.6 Å². The fourth-order valence-corrected chi connectivity index (χ4v) is 6.98. The minimum Gasteiger partial charge on any atom is -0.496 e. The van der Waals surface area contributed by atoms with Crippen molar-refractivity contribution in [2.75, 3.05) is 46.9 Å². The van der Waals surface area contributed by atoms with E-state index in [1.54, 1.807) is 27.6 Å². The number of rotatable bonds is 8. The highest BCUT2D eigenvalue weighted by Gasteiger charge is 2.33. The quantitative estimate of drug-likeness (QED) is 0.164. The van der Waals surface area contributed by atoms with Crippen molar-refractivity contribution in [3.05, 3.63) is 47.3 Å². The van der Waals surface area contributed by atoms with Crippen molar-refractivity contribution in [3.8, 4) is 17.1 Å². The van der Waals surface area contributed by atoms with E-state index in [0.29, 0.717) is 28.4 Å². The number of piperidine rings is 1. The second-order valence-electron chi connectivity index (χ2n) is 13.0. The van der Waals surface area contributed by atoms with Gasteiger partial charge in [-0.3, -0.25) is 4.79 Å². The van der Waals surface area contributed by atoms with Crippen molar-refractivity contribution in [1.82, 2.24) is 29.7 Å². The number of methoxy groups -OCH3 is 1. The average molecular weight is 671 g/mol. The molecule has 0 bridgehead atoms. The molecule has 13 heteroatoms. The summed E-state index contributed by atoms with van der Waals surface area (Å²) >= 11 is 1.36. The number of benzene rings is 2. The molecule has 254 valence electrons. The molecule has 4 heterocycles. The Morgan fingerprint density at radius 2 is 1.91 bits per heavy atom. The molecule has 0 aliphatic carbocycles. The molecule has 47 heavy (non-hydrogen) atoms. The van der Waals surface area contributed by atoms with Gasteiger partial charge in [-0.1, -0.05) is 17.4 Å². The zero-order valence-electron chi connectivity index (χ0n) is 27.7. The van der Waals surface area contributed by atoms with Gasteiger partial charge in [0.25, 0.3) is 0 Å². The molecule has 6 rings (SSSR count). The number of thiazole rings is 1. The molecule has 4 aromatic rings. The van der Waals surface area contributed by atoms with Gasteiger partial charge in [-0.05, 0) is 96.8 Å². The Kier molecular flexibility index (Phi) is 11.1. The van der Waals surface area contributed by atoms with Crippen LogP contribution in [0.5, 0.6) is 5.75 Å². The number of fused-ring (bicyclic) bond motifs is 3. The highest BCUT2D eigenvalue weighted by atomic mass is 32.1. The highest BCUT2D eigenvalue weighted by molar-refractivity contribution is 7.23.